The van der Waals surface area contributed by atoms with Gasteiger partial charge in [0.05, 0.1) is 6.10 Å². The molecule has 13 heavy (non-hydrogen) atoms. The number of hydrogen-bond acceptors (Lipinski definition) is 4. The molecule has 2 rings (SSSR count). The average Bonchev–Trinajstić information content (AvgIpc) is 2.12. The maximum atomic E-state index is 5.18. The second-order valence-corrected chi connectivity index (χ2v) is 3.30. The SMILES string of the molecule is COC1CN(Cc2cncnc2)C1. The second-order valence-electron chi connectivity index (χ2n) is 3.30. The Balaban J connectivity index is 1.81. The molecule has 1 saturated heterocycles. The van der Waals surface area contributed by atoms with E-state index in [4.69, 9.17) is 4.74 Å². The van der Waals surface area contributed by atoms with Gasteiger partial charge in [0.2, 0.25) is 0 Å². The summed E-state index contributed by atoms with van der Waals surface area (Å²) >= 11 is 0. The van der Waals surface area contributed by atoms with E-state index in [1.54, 1.807) is 13.4 Å². The molecule has 1 aliphatic heterocycles. The van der Waals surface area contributed by atoms with Crippen molar-refractivity contribution in [1.82, 2.24) is 14.9 Å². The minimum Gasteiger partial charge on any atom is -0.379 e. The predicted molar refractivity (Wildman–Crippen MR) is 48.1 cm³/mol. The van der Waals surface area contributed by atoms with Gasteiger partial charge in [0.25, 0.3) is 0 Å². The van der Waals surface area contributed by atoms with Gasteiger partial charge in [0, 0.05) is 44.7 Å². The number of likely N-dealkylation sites (tertiary alicyclic amines) is 1. The molecule has 2 heterocycles. The summed E-state index contributed by atoms with van der Waals surface area (Å²) in [6, 6.07) is 0. The molecule has 1 fully saturated rings. The Kier molecular flexibility index (Phi) is 2.52. The van der Waals surface area contributed by atoms with Crippen molar-refractivity contribution in [3.63, 3.8) is 0 Å². The minimum absolute atomic E-state index is 0.421. The Morgan fingerprint density at radius 1 is 1.46 bits per heavy atom. The van der Waals surface area contributed by atoms with Gasteiger partial charge >= 0.3 is 0 Å². The van der Waals surface area contributed by atoms with Gasteiger partial charge in [-0.15, -0.1) is 0 Å². The normalized spacial score (nSPS) is 18.5. The fourth-order valence-electron chi connectivity index (χ4n) is 1.47. The zero-order valence-electron chi connectivity index (χ0n) is 7.68. The van der Waals surface area contributed by atoms with Gasteiger partial charge in [-0.25, -0.2) is 9.97 Å². The summed E-state index contributed by atoms with van der Waals surface area (Å²) in [4.78, 5) is 10.2. The van der Waals surface area contributed by atoms with Crippen molar-refractivity contribution < 1.29 is 4.74 Å². The molecule has 0 amide bonds. The topological polar surface area (TPSA) is 38.2 Å². The third-order valence-corrected chi connectivity index (χ3v) is 2.28. The van der Waals surface area contributed by atoms with Crippen molar-refractivity contribution in [2.45, 2.75) is 12.6 Å². The number of aromatic nitrogens is 2. The van der Waals surface area contributed by atoms with E-state index in [1.807, 2.05) is 12.4 Å². The molecule has 1 aromatic rings. The molecule has 0 aliphatic carbocycles. The van der Waals surface area contributed by atoms with Crippen LogP contribution in [0.15, 0.2) is 18.7 Å². The Labute approximate surface area is 77.6 Å². The molecule has 4 heteroatoms. The van der Waals surface area contributed by atoms with Gasteiger partial charge in [-0.1, -0.05) is 0 Å². The molecule has 0 radical (unpaired) electrons. The standard InChI is InChI=1S/C9H13N3O/c1-13-9-5-12(6-9)4-8-2-10-7-11-3-8/h2-3,7,9H,4-6H2,1H3. The average molecular weight is 179 g/mol. The highest BCUT2D eigenvalue weighted by atomic mass is 16.5. The summed E-state index contributed by atoms with van der Waals surface area (Å²) < 4.78 is 5.18. The first-order chi connectivity index (χ1) is 6.38. The highest BCUT2D eigenvalue weighted by Crippen LogP contribution is 2.13. The van der Waals surface area contributed by atoms with Crippen molar-refractivity contribution in [3.05, 3.63) is 24.3 Å². The first-order valence-corrected chi connectivity index (χ1v) is 4.37. The molecule has 0 bridgehead atoms. The Morgan fingerprint density at radius 3 is 2.77 bits per heavy atom. The third kappa shape index (κ3) is 2.02. The van der Waals surface area contributed by atoms with Crippen LogP contribution in [0.2, 0.25) is 0 Å². The quantitative estimate of drug-likeness (QED) is 0.669. The van der Waals surface area contributed by atoms with Gasteiger partial charge < -0.3 is 4.74 Å². The lowest BCUT2D eigenvalue weighted by Crippen LogP contribution is -2.50. The summed E-state index contributed by atoms with van der Waals surface area (Å²) in [7, 11) is 1.76. The van der Waals surface area contributed by atoms with Crippen molar-refractivity contribution in [1.29, 1.82) is 0 Å². The molecule has 0 saturated carbocycles. The van der Waals surface area contributed by atoms with Crippen LogP contribution in [0.5, 0.6) is 0 Å². The van der Waals surface area contributed by atoms with Crippen LogP contribution >= 0.6 is 0 Å². The zero-order chi connectivity index (χ0) is 9.10. The van der Waals surface area contributed by atoms with Crippen molar-refractivity contribution in [3.8, 4) is 0 Å². The number of hydrogen-bond donors (Lipinski definition) is 0. The summed E-state index contributed by atoms with van der Waals surface area (Å²) in [5.74, 6) is 0. The first-order valence-electron chi connectivity index (χ1n) is 4.37. The fourth-order valence-corrected chi connectivity index (χ4v) is 1.47. The van der Waals surface area contributed by atoms with Crippen LogP contribution in [0.1, 0.15) is 5.56 Å². The van der Waals surface area contributed by atoms with Crippen LogP contribution in [0, 0.1) is 0 Å². The van der Waals surface area contributed by atoms with Crippen LogP contribution in [0.4, 0.5) is 0 Å². The molecule has 1 aromatic heterocycles. The fraction of sp³-hybridized carbons (Fsp3) is 0.556. The summed E-state index contributed by atoms with van der Waals surface area (Å²) in [5, 5.41) is 0. The Hall–Kier alpha value is -1.00. The van der Waals surface area contributed by atoms with E-state index in [1.165, 1.54) is 0 Å². The lowest BCUT2D eigenvalue weighted by atomic mass is 10.1. The van der Waals surface area contributed by atoms with E-state index in [2.05, 4.69) is 14.9 Å². The molecule has 0 atom stereocenters. The summed E-state index contributed by atoms with van der Waals surface area (Å²) in [6.45, 7) is 2.97. The number of rotatable bonds is 3. The number of ether oxygens (including phenoxy) is 1. The van der Waals surface area contributed by atoms with E-state index in [9.17, 15) is 0 Å². The first kappa shape index (κ1) is 8.59. The maximum Gasteiger partial charge on any atom is 0.115 e. The van der Waals surface area contributed by atoms with E-state index >= 15 is 0 Å². The van der Waals surface area contributed by atoms with Crippen LogP contribution in [0.3, 0.4) is 0 Å². The van der Waals surface area contributed by atoms with Gasteiger partial charge in [-0.2, -0.15) is 0 Å². The second kappa shape index (κ2) is 3.81. The Bertz CT molecular complexity index is 259. The number of nitrogens with zero attached hydrogens (tertiary/aromatic N) is 3. The zero-order valence-corrected chi connectivity index (χ0v) is 7.68. The molecule has 0 aromatic carbocycles. The molecular weight excluding hydrogens is 166 g/mol. The third-order valence-electron chi connectivity index (χ3n) is 2.28. The van der Waals surface area contributed by atoms with E-state index in [-0.39, 0.29) is 0 Å². The number of methoxy groups -OCH3 is 1. The largest absolute Gasteiger partial charge is 0.379 e. The highest BCUT2D eigenvalue weighted by molar-refractivity contribution is 5.03. The van der Waals surface area contributed by atoms with Crippen molar-refractivity contribution in [2.75, 3.05) is 20.2 Å². The molecule has 4 nitrogen and oxygen atoms in total. The van der Waals surface area contributed by atoms with Gasteiger partial charge in [0.15, 0.2) is 0 Å². The van der Waals surface area contributed by atoms with Crippen molar-refractivity contribution in [2.24, 2.45) is 0 Å². The lowest BCUT2D eigenvalue weighted by Gasteiger charge is -2.37. The molecule has 0 unspecified atom stereocenters. The smallest absolute Gasteiger partial charge is 0.115 e. The predicted octanol–water partition coefficient (Wildman–Crippen LogP) is 0.307. The van der Waals surface area contributed by atoms with Crippen LogP contribution < -0.4 is 0 Å². The van der Waals surface area contributed by atoms with E-state index in [0.29, 0.717) is 6.10 Å². The molecule has 0 N–H and O–H groups in total. The van der Waals surface area contributed by atoms with Crippen LogP contribution in [-0.2, 0) is 11.3 Å². The van der Waals surface area contributed by atoms with Crippen LogP contribution in [-0.4, -0.2) is 41.2 Å². The molecule has 70 valence electrons. The monoisotopic (exact) mass is 179 g/mol. The highest BCUT2D eigenvalue weighted by Gasteiger charge is 2.25. The summed E-state index contributed by atoms with van der Waals surface area (Å²) in [6.07, 6.45) is 5.68. The summed E-state index contributed by atoms with van der Waals surface area (Å²) in [5.41, 5.74) is 1.16. The molecule has 0 spiro atoms. The minimum atomic E-state index is 0.421. The maximum absolute atomic E-state index is 5.18. The van der Waals surface area contributed by atoms with E-state index in [0.717, 1.165) is 25.2 Å². The van der Waals surface area contributed by atoms with E-state index < -0.39 is 0 Å². The Morgan fingerprint density at radius 2 is 2.15 bits per heavy atom. The molecular formula is C9H13N3O. The van der Waals surface area contributed by atoms with Gasteiger partial charge in [-0.05, 0) is 0 Å². The van der Waals surface area contributed by atoms with Crippen molar-refractivity contribution >= 4 is 0 Å². The van der Waals surface area contributed by atoms with Gasteiger partial charge in [0.1, 0.15) is 6.33 Å². The van der Waals surface area contributed by atoms with Crippen LogP contribution in [0.25, 0.3) is 0 Å². The molecule has 1 aliphatic rings. The lowest BCUT2D eigenvalue weighted by molar-refractivity contribution is -0.0334. The van der Waals surface area contributed by atoms with Gasteiger partial charge in [-0.3, -0.25) is 4.90 Å².